The van der Waals surface area contributed by atoms with Gasteiger partial charge in [-0.15, -0.1) is 0 Å². The summed E-state index contributed by atoms with van der Waals surface area (Å²) in [4.78, 5) is 0. The van der Waals surface area contributed by atoms with Crippen molar-refractivity contribution in [3.63, 3.8) is 0 Å². The van der Waals surface area contributed by atoms with Crippen LogP contribution in [0.25, 0.3) is 186 Å². The summed E-state index contributed by atoms with van der Waals surface area (Å²) in [5, 5.41) is 43.3. The van der Waals surface area contributed by atoms with Crippen LogP contribution in [0.2, 0.25) is 0 Å². The third kappa shape index (κ3) is 10.8. The van der Waals surface area contributed by atoms with Gasteiger partial charge in [-0.2, -0.15) is 0 Å². The SMILES string of the molecule is Brc1cccc(-c2ccc3oc4c5ccccc5ccc4c3c2)c1.CC.OB(O)c1c2ccccc2c(-c2cccc3ccccc23)c2ccccc12.c1cc(-c2ccc3oc4c5ccccc5ccc4c3c2)cc(-c2c3ccccc3c(-c3cccc4ccccc34)c3ccccc23)c1. The van der Waals surface area contributed by atoms with Crippen LogP contribution >= 0.6 is 15.9 Å². The molecule has 4 nitrogen and oxygen atoms in total. The van der Waals surface area contributed by atoms with Gasteiger partial charge in [0.1, 0.15) is 22.3 Å². The van der Waals surface area contributed by atoms with E-state index in [1.165, 1.54) is 104 Å². The third-order valence-corrected chi connectivity index (χ3v) is 20.1. The molecule has 0 aliphatic heterocycles. The molecule has 20 rings (SSSR count). The summed E-state index contributed by atoms with van der Waals surface area (Å²) in [6.45, 7) is 4.00. The molecule has 0 saturated heterocycles. The van der Waals surface area contributed by atoms with Gasteiger partial charge in [0, 0.05) is 36.8 Å². The molecule has 474 valence electrons. The van der Waals surface area contributed by atoms with E-state index < -0.39 is 7.12 Å². The molecule has 100 heavy (non-hydrogen) atoms. The van der Waals surface area contributed by atoms with Gasteiger partial charge >= 0.3 is 7.12 Å². The largest absolute Gasteiger partial charge is 0.489 e. The van der Waals surface area contributed by atoms with Crippen LogP contribution in [0.15, 0.2) is 353 Å². The first-order chi connectivity index (χ1) is 49.4. The lowest BCUT2D eigenvalue weighted by Gasteiger charge is -2.19. The average Bonchev–Trinajstić information content (AvgIpc) is 1.08. The minimum absolute atomic E-state index is 0.560. The van der Waals surface area contributed by atoms with Crippen LogP contribution in [-0.4, -0.2) is 17.2 Å². The van der Waals surface area contributed by atoms with Crippen molar-refractivity contribution < 1.29 is 18.9 Å². The fourth-order valence-corrected chi connectivity index (χ4v) is 15.6. The van der Waals surface area contributed by atoms with Crippen molar-refractivity contribution in [1.82, 2.24) is 0 Å². The number of furan rings is 2. The molecule has 0 atom stereocenters. The van der Waals surface area contributed by atoms with Gasteiger partial charge in [0.2, 0.25) is 0 Å². The van der Waals surface area contributed by atoms with Gasteiger partial charge in [0.25, 0.3) is 0 Å². The monoisotopic (exact) mass is 1350 g/mol. The topological polar surface area (TPSA) is 66.7 Å². The van der Waals surface area contributed by atoms with Crippen LogP contribution in [0.5, 0.6) is 0 Å². The predicted molar refractivity (Wildman–Crippen MR) is 430 cm³/mol. The Labute approximate surface area is 587 Å². The van der Waals surface area contributed by atoms with Crippen molar-refractivity contribution in [1.29, 1.82) is 0 Å². The Hall–Kier alpha value is -11.9. The van der Waals surface area contributed by atoms with Crippen LogP contribution < -0.4 is 5.46 Å². The number of hydrogen-bond acceptors (Lipinski definition) is 4. The van der Waals surface area contributed by atoms with E-state index in [4.69, 9.17) is 8.83 Å². The molecule has 0 saturated carbocycles. The number of benzene rings is 18. The minimum Gasteiger partial charge on any atom is -0.455 e. The van der Waals surface area contributed by atoms with Gasteiger partial charge in [-0.3, -0.25) is 0 Å². The molecule has 18 aromatic carbocycles. The molecule has 6 heteroatoms. The maximum Gasteiger partial charge on any atom is 0.489 e. The van der Waals surface area contributed by atoms with Gasteiger partial charge < -0.3 is 18.9 Å². The van der Waals surface area contributed by atoms with Crippen molar-refractivity contribution >= 4 is 159 Å². The first-order valence-electron chi connectivity index (χ1n) is 34.1. The summed E-state index contributed by atoms with van der Waals surface area (Å²) in [6.07, 6.45) is 0. The van der Waals surface area contributed by atoms with Gasteiger partial charge in [-0.1, -0.05) is 315 Å². The molecule has 2 heterocycles. The number of halogens is 1. The van der Waals surface area contributed by atoms with E-state index in [0.717, 1.165) is 86.4 Å². The highest BCUT2D eigenvalue weighted by molar-refractivity contribution is 9.10. The van der Waals surface area contributed by atoms with E-state index in [9.17, 15) is 10.0 Å². The van der Waals surface area contributed by atoms with Crippen LogP contribution in [0.3, 0.4) is 0 Å². The van der Waals surface area contributed by atoms with Crippen molar-refractivity contribution in [2.45, 2.75) is 13.8 Å². The lowest BCUT2D eigenvalue weighted by atomic mass is 9.72. The molecular weight excluding hydrogens is 1280 g/mol. The van der Waals surface area contributed by atoms with Crippen molar-refractivity contribution in [3.05, 3.63) is 344 Å². The molecule has 0 aliphatic carbocycles. The molecule has 0 unspecified atom stereocenters. The van der Waals surface area contributed by atoms with Gasteiger partial charge in [-0.05, 0) is 191 Å². The molecule has 2 N–H and O–H groups in total. The standard InChI is InChI=1S/C46H28O.C24H17BO2.C22H13BrO.C2H6/c1-3-16-34-29(11-1)13-10-22-36(34)45-39-20-7-5-18-37(39)44(38-19-6-8-21-40(38)45)33-15-9-14-31(27-33)32-24-26-43-42(28-32)41-25-23-30-12-2-4-17-35(30)46(41)47-43;26-25(27)24-21-13-5-3-11-19(21)23(20-12-4-6-14-22(20)24)18-15-7-9-16-8-1-2-10-17(16)18;23-17-6-3-5-15(12-17)16-9-11-21-20(13-16)19-10-8-14-4-1-2-7-18(14)22(19)24-21;1-2/h1-28H;1-15,26-27H;1-13H;1-2H3. The lowest BCUT2D eigenvalue weighted by molar-refractivity contribution is 0.426. The average molecular weight is 1350 g/mol. The van der Waals surface area contributed by atoms with Crippen LogP contribution in [0, 0.1) is 0 Å². The molecule has 0 bridgehead atoms. The van der Waals surface area contributed by atoms with E-state index in [-0.39, 0.29) is 0 Å². The zero-order valence-electron chi connectivity index (χ0n) is 55.0. The van der Waals surface area contributed by atoms with Crippen molar-refractivity contribution in [2.75, 3.05) is 0 Å². The molecule has 0 spiro atoms. The van der Waals surface area contributed by atoms with Gasteiger partial charge in [0.15, 0.2) is 0 Å². The quantitative estimate of drug-likeness (QED) is 0.129. The Morgan fingerprint density at radius 2 is 0.560 bits per heavy atom. The lowest BCUT2D eigenvalue weighted by Crippen LogP contribution is -2.31. The third-order valence-electron chi connectivity index (χ3n) is 19.6. The summed E-state index contributed by atoms with van der Waals surface area (Å²) in [7, 11) is -1.53. The van der Waals surface area contributed by atoms with Crippen LogP contribution in [-0.2, 0) is 0 Å². The van der Waals surface area contributed by atoms with Crippen molar-refractivity contribution in [2.24, 2.45) is 0 Å². The van der Waals surface area contributed by atoms with Gasteiger partial charge in [-0.25, -0.2) is 0 Å². The molecule has 0 fully saturated rings. The number of fused-ring (bicyclic) bond motifs is 16. The smallest absolute Gasteiger partial charge is 0.455 e. The summed E-state index contributed by atoms with van der Waals surface area (Å²) in [6, 6.07) is 120. The Kier molecular flexibility index (Phi) is 16.1. The Bertz CT molecular complexity index is 6450. The van der Waals surface area contributed by atoms with Crippen LogP contribution in [0.4, 0.5) is 0 Å². The molecular formula is C94H64BBrO4. The Morgan fingerprint density at radius 1 is 0.240 bits per heavy atom. The summed E-state index contributed by atoms with van der Waals surface area (Å²) >= 11 is 3.55. The Balaban J connectivity index is 0.000000120. The van der Waals surface area contributed by atoms with E-state index in [0.29, 0.717) is 5.46 Å². The summed E-state index contributed by atoms with van der Waals surface area (Å²) < 4.78 is 13.7. The predicted octanol–water partition coefficient (Wildman–Crippen LogP) is 25.9. The highest BCUT2D eigenvalue weighted by Gasteiger charge is 2.24. The molecule has 0 radical (unpaired) electrons. The highest BCUT2D eigenvalue weighted by atomic mass is 79.9. The zero-order chi connectivity index (χ0) is 67.4. The fourth-order valence-electron chi connectivity index (χ4n) is 15.2. The highest BCUT2D eigenvalue weighted by Crippen LogP contribution is 2.47. The second-order valence-corrected chi connectivity index (χ2v) is 26.1. The maximum absolute atomic E-state index is 10.1. The molecule has 0 aliphatic rings. The van der Waals surface area contributed by atoms with E-state index in [1.807, 2.05) is 62.4 Å². The van der Waals surface area contributed by atoms with Crippen molar-refractivity contribution in [3.8, 4) is 55.6 Å². The normalized spacial score (nSPS) is 11.4. The van der Waals surface area contributed by atoms with Gasteiger partial charge in [0.05, 0.1) is 0 Å². The van der Waals surface area contributed by atoms with E-state index in [1.54, 1.807) is 0 Å². The Morgan fingerprint density at radius 3 is 0.990 bits per heavy atom. The number of hydrogen-bond donors (Lipinski definition) is 2. The second-order valence-electron chi connectivity index (χ2n) is 25.2. The first kappa shape index (κ1) is 61.7. The number of rotatable bonds is 6. The van der Waals surface area contributed by atoms with Crippen LogP contribution in [0.1, 0.15) is 13.8 Å². The molecule has 0 amide bonds. The summed E-state index contributed by atoms with van der Waals surface area (Å²) in [5.74, 6) is 0. The molecule has 2 aromatic heterocycles. The van der Waals surface area contributed by atoms with E-state index >= 15 is 0 Å². The van der Waals surface area contributed by atoms with E-state index in [2.05, 4.69) is 307 Å². The fraction of sp³-hybridized carbons (Fsp3) is 0.0213. The molecule has 20 aromatic rings. The summed E-state index contributed by atoms with van der Waals surface area (Å²) in [5.41, 5.74) is 16.4. The minimum atomic E-state index is -1.53. The first-order valence-corrected chi connectivity index (χ1v) is 34.9. The second kappa shape index (κ2) is 26.2. The zero-order valence-corrected chi connectivity index (χ0v) is 56.6. The maximum atomic E-state index is 10.1.